The highest BCUT2D eigenvalue weighted by Gasteiger charge is 2.55. The van der Waals surface area contributed by atoms with Gasteiger partial charge in [0.15, 0.2) is 0 Å². The highest BCUT2D eigenvalue weighted by molar-refractivity contribution is 6.00. The van der Waals surface area contributed by atoms with E-state index >= 15 is 0 Å². The third-order valence-corrected chi connectivity index (χ3v) is 3.35. The summed E-state index contributed by atoms with van der Waals surface area (Å²) >= 11 is 0. The summed E-state index contributed by atoms with van der Waals surface area (Å²) in [6.45, 7) is 0. The van der Waals surface area contributed by atoms with Gasteiger partial charge in [0.05, 0.1) is 5.41 Å². The quantitative estimate of drug-likeness (QED) is 0.603. The maximum absolute atomic E-state index is 11.7. The van der Waals surface area contributed by atoms with Crippen LogP contribution in [0.4, 0.5) is 5.69 Å². The van der Waals surface area contributed by atoms with Crippen molar-refractivity contribution in [1.82, 2.24) is 0 Å². The molecule has 0 unspecified atom stereocenters. The number of hydrogen-bond acceptors (Lipinski definition) is 2. The van der Waals surface area contributed by atoms with Crippen LogP contribution in [0.25, 0.3) is 0 Å². The van der Waals surface area contributed by atoms with E-state index in [0.717, 1.165) is 24.1 Å². The smallest absolute Gasteiger partial charge is 0.147 e. The van der Waals surface area contributed by atoms with Crippen molar-refractivity contribution in [3.8, 4) is 0 Å². The summed E-state index contributed by atoms with van der Waals surface area (Å²) < 4.78 is 0. The molecule has 1 fully saturated rings. The SMILES string of the molecule is Nc1cccc2c1CC(=O)C21CC1. The van der Waals surface area contributed by atoms with Gasteiger partial charge in [-0.05, 0) is 30.0 Å². The molecular formula is C11H11NO. The highest BCUT2D eigenvalue weighted by Crippen LogP contribution is 2.55. The van der Waals surface area contributed by atoms with Gasteiger partial charge in [-0.3, -0.25) is 4.79 Å². The zero-order valence-electron chi connectivity index (χ0n) is 7.34. The van der Waals surface area contributed by atoms with E-state index in [4.69, 9.17) is 5.73 Å². The van der Waals surface area contributed by atoms with Gasteiger partial charge in [0.1, 0.15) is 5.78 Å². The van der Waals surface area contributed by atoms with E-state index in [2.05, 4.69) is 6.07 Å². The van der Waals surface area contributed by atoms with Gasteiger partial charge in [-0.25, -0.2) is 0 Å². The summed E-state index contributed by atoms with van der Waals surface area (Å²) in [6.07, 6.45) is 2.62. The molecule has 66 valence electrons. The van der Waals surface area contributed by atoms with Gasteiger partial charge in [0, 0.05) is 12.1 Å². The van der Waals surface area contributed by atoms with Crippen molar-refractivity contribution in [2.24, 2.45) is 0 Å². The number of anilines is 1. The van der Waals surface area contributed by atoms with Gasteiger partial charge in [-0.1, -0.05) is 12.1 Å². The molecule has 13 heavy (non-hydrogen) atoms. The maximum Gasteiger partial charge on any atom is 0.147 e. The first kappa shape index (κ1) is 7.13. The Morgan fingerprint density at radius 2 is 2.08 bits per heavy atom. The summed E-state index contributed by atoms with van der Waals surface area (Å²) in [5.41, 5.74) is 8.82. The van der Waals surface area contributed by atoms with Crippen molar-refractivity contribution in [2.45, 2.75) is 24.7 Å². The zero-order chi connectivity index (χ0) is 9.05. The van der Waals surface area contributed by atoms with E-state index in [1.807, 2.05) is 12.1 Å². The molecule has 2 heteroatoms. The van der Waals surface area contributed by atoms with Gasteiger partial charge in [0.2, 0.25) is 0 Å². The molecule has 2 aliphatic carbocycles. The molecule has 1 aromatic rings. The Morgan fingerprint density at radius 3 is 2.77 bits per heavy atom. The fourth-order valence-electron chi connectivity index (χ4n) is 2.40. The number of Topliss-reactive ketones (excluding diaryl/α,β-unsaturated/α-hetero) is 1. The molecular weight excluding hydrogens is 162 g/mol. The number of hydrogen-bond donors (Lipinski definition) is 1. The standard InChI is InChI=1S/C11H11NO/c12-9-3-1-2-8-7(9)6-10(13)11(8)4-5-11/h1-3H,4-6,12H2. The van der Waals surface area contributed by atoms with Crippen molar-refractivity contribution in [3.05, 3.63) is 29.3 Å². The van der Waals surface area contributed by atoms with Crippen LogP contribution in [0.3, 0.4) is 0 Å². The minimum atomic E-state index is -0.0925. The second kappa shape index (κ2) is 1.95. The fraction of sp³-hybridized carbons (Fsp3) is 0.364. The van der Waals surface area contributed by atoms with E-state index in [1.54, 1.807) is 0 Å². The first-order chi connectivity index (χ1) is 6.24. The lowest BCUT2D eigenvalue weighted by Gasteiger charge is -2.06. The number of rotatable bonds is 0. The van der Waals surface area contributed by atoms with Crippen LogP contribution in [-0.4, -0.2) is 5.78 Å². The predicted octanol–water partition coefficient (Wildman–Crippen LogP) is 1.43. The maximum atomic E-state index is 11.7. The molecule has 0 aliphatic heterocycles. The van der Waals surface area contributed by atoms with Crippen LogP contribution >= 0.6 is 0 Å². The number of fused-ring (bicyclic) bond motifs is 2. The highest BCUT2D eigenvalue weighted by atomic mass is 16.1. The third-order valence-electron chi connectivity index (χ3n) is 3.35. The molecule has 0 aromatic heterocycles. The van der Waals surface area contributed by atoms with Crippen molar-refractivity contribution in [1.29, 1.82) is 0 Å². The Bertz CT molecular complexity index is 405. The molecule has 3 rings (SSSR count). The number of carbonyl (C=O) groups is 1. The molecule has 0 atom stereocenters. The molecule has 0 amide bonds. The van der Waals surface area contributed by atoms with E-state index in [-0.39, 0.29) is 5.41 Å². The lowest BCUT2D eigenvalue weighted by Crippen LogP contribution is -2.13. The first-order valence-corrected chi connectivity index (χ1v) is 4.65. The minimum Gasteiger partial charge on any atom is -0.398 e. The lowest BCUT2D eigenvalue weighted by atomic mass is 9.97. The first-order valence-electron chi connectivity index (χ1n) is 4.65. The summed E-state index contributed by atoms with van der Waals surface area (Å²) in [5, 5.41) is 0. The normalized spacial score (nSPS) is 22.0. The fourth-order valence-corrected chi connectivity index (χ4v) is 2.40. The topological polar surface area (TPSA) is 43.1 Å². The molecule has 0 heterocycles. The number of carbonyl (C=O) groups excluding carboxylic acids is 1. The van der Waals surface area contributed by atoms with E-state index in [0.29, 0.717) is 12.2 Å². The van der Waals surface area contributed by atoms with Crippen molar-refractivity contribution in [2.75, 3.05) is 5.73 Å². The summed E-state index contributed by atoms with van der Waals surface area (Å²) in [5.74, 6) is 0.375. The van der Waals surface area contributed by atoms with Gasteiger partial charge in [-0.2, -0.15) is 0 Å². The predicted molar refractivity (Wildman–Crippen MR) is 50.5 cm³/mol. The van der Waals surface area contributed by atoms with Crippen molar-refractivity contribution < 1.29 is 4.79 Å². The Labute approximate surface area is 76.7 Å². The average Bonchev–Trinajstić information content (AvgIpc) is 2.83. The Kier molecular flexibility index (Phi) is 1.07. The summed E-state index contributed by atoms with van der Waals surface area (Å²) in [7, 11) is 0. The van der Waals surface area contributed by atoms with Crippen LogP contribution in [0.1, 0.15) is 24.0 Å². The van der Waals surface area contributed by atoms with Crippen LogP contribution in [0.5, 0.6) is 0 Å². The number of nitrogen functional groups attached to an aromatic ring is 1. The van der Waals surface area contributed by atoms with E-state index < -0.39 is 0 Å². The third kappa shape index (κ3) is 0.711. The zero-order valence-corrected chi connectivity index (χ0v) is 7.34. The van der Waals surface area contributed by atoms with Gasteiger partial charge >= 0.3 is 0 Å². The molecule has 0 saturated heterocycles. The monoisotopic (exact) mass is 173 g/mol. The van der Waals surface area contributed by atoms with Gasteiger partial charge in [-0.15, -0.1) is 0 Å². The molecule has 1 saturated carbocycles. The number of nitrogens with two attached hydrogens (primary N) is 1. The molecule has 0 bridgehead atoms. The molecule has 2 aliphatic rings. The minimum absolute atomic E-state index is 0.0925. The Morgan fingerprint density at radius 1 is 1.31 bits per heavy atom. The second-order valence-corrected chi connectivity index (χ2v) is 4.06. The van der Waals surface area contributed by atoms with Crippen molar-refractivity contribution >= 4 is 11.5 Å². The lowest BCUT2D eigenvalue weighted by molar-refractivity contribution is -0.119. The van der Waals surface area contributed by atoms with Crippen LogP contribution < -0.4 is 5.73 Å². The Hall–Kier alpha value is -1.31. The average molecular weight is 173 g/mol. The van der Waals surface area contributed by atoms with Crippen LogP contribution in [-0.2, 0) is 16.6 Å². The van der Waals surface area contributed by atoms with Crippen LogP contribution in [0, 0.1) is 0 Å². The van der Waals surface area contributed by atoms with Gasteiger partial charge in [0.25, 0.3) is 0 Å². The molecule has 1 aromatic carbocycles. The largest absolute Gasteiger partial charge is 0.398 e. The van der Waals surface area contributed by atoms with Gasteiger partial charge < -0.3 is 5.73 Å². The molecule has 2 N–H and O–H groups in total. The molecule has 2 nitrogen and oxygen atoms in total. The number of benzene rings is 1. The summed E-state index contributed by atoms with van der Waals surface area (Å²) in [6, 6.07) is 5.89. The van der Waals surface area contributed by atoms with Crippen molar-refractivity contribution in [3.63, 3.8) is 0 Å². The van der Waals surface area contributed by atoms with E-state index in [1.165, 1.54) is 5.56 Å². The Balaban J connectivity index is 2.28. The molecule has 0 radical (unpaired) electrons. The van der Waals surface area contributed by atoms with E-state index in [9.17, 15) is 4.79 Å². The number of ketones is 1. The summed E-state index contributed by atoms with van der Waals surface area (Å²) in [4.78, 5) is 11.7. The second-order valence-electron chi connectivity index (χ2n) is 4.06. The molecule has 1 spiro atoms. The van der Waals surface area contributed by atoms with Crippen LogP contribution in [0.15, 0.2) is 18.2 Å². The van der Waals surface area contributed by atoms with Crippen LogP contribution in [0.2, 0.25) is 0 Å².